The van der Waals surface area contributed by atoms with Crippen LogP contribution in [0, 0.1) is 0 Å². The highest BCUT2D eigenvalue weighted by Gasteiger charge is 2.02. The van der Waals surface area contributed by atoms with Crippen LogP contribution in [0.3, 0.4) is 0 Å². The number of ether oxygens (including phenoxy) is 1. The third-order valence-electron chi connectivity index (χ3n) is 3.07. The Kier molecular flexibility index (Phi) is 6.28. The molecule has 1 amide bonds. The molecule has 0 bridgehead atoms. The molecule has 1 N–H and O–H groups in total. The number of benzene rings is 2. The Morgan fingerprint density at radius 3 is 2.29 bits per heavy atom. The number of amides is 1. The highest BCUT2D eigenvalue weighted by molar-refractivity contribution is 9.08. The van der Waals surface area contributed by atoms with Gasteiger partial charge in [-0.3, -0.25) is 0 Å². The number of alkyl halides is 1. The van der Waals surface area contributed by atoms with Gasteiger partial charge in [0.15, 0.2) is 0 Å². The van der Waals surface area contributed by atoms with E-state index in [-0.39, 0.29) is 6.09 Å². The molecular weight excluding hydrogens is 330 g/mol. The fourth-order valence-corrected chi connectivity index (χ4v) is 2.25. The van der Waals surface area contributed by atoms with Gasteiger partial charge >= 0.3 is 6.09 Å². The lowest BCUT2D eigenvalue weighted by atomic mass is 10.1. The summed E-state index contributed by atoms with van der Waals surface area (Å²) in [6, 6.07) is 18.0. The molecule has 0 radical (unpaired) electrons. The van der Waals surface area contributed by atoms with Gasteiger partial charge in [-0.1, -0.05) is 70.5 Å². The second kappa shape index (κ2) is 8.47. The summed E-state index contributed by atoms with van der Waals surface area (Å²) in [7, 11) is 0. The molecule has 3 nitrogen and oxygen atoms in total. The fraction of sp³-hybridized carbons (Fsp3) is 0.235. The molecular formula is C17H18BrNO2. The predicted octanol–water partition coefficient (Wildman–Crippen LogP) is 4.05. The number of hydrogen-bond donors (Lipinski definition) is 1. The van der Waals surface area contributed by atoms with Crippen molar-refractivity contribution in [3.63, 3.8) is 0 Å². The van der Waals surface area contributed by atoms with E-state index in [2.05, 4.69) is 45.5 Å². The minimum absolute atomic E-state index is 0.298. The Labute approximate surface area is 133 Å². The Hall–Kier alpha value is -1.81. The Balaban J connectivity index is 1.66. The van der Waals surface area contributed by atoms with Crippen molar-refractivity contribution in [2.75, 3.05) is 6.54 Å². The Morgan fingerprint density at radius 2 is 1.62 bits per heavy atom. The SMILES string of the molecule is O=C(NCCc1ccc(CBr)cc1)OCc1ccccc1. The molecule has 0 unspecified atom stereocenters. The molecule has 21 heavy (non-hydrogen) atoms. The van der Waals surface area contributed by atoms with Crippen LogP contribution in [0.1, 0.15) is 16.7 Å². The average Bonchev–Trinajstić information content (AvgIpc) is 2.54. The maximum absolute atomic E-state index is 11.6. The van der Waals surface area contributed by atoms with Crippen LogP contribution in [0.25, 0.3) is 0 Å². The molecule has 2 aromatic rings. The van der Waals surface area contributed by atoms with Crippen molar-refractivity contribution in [2.24, 2.45) is 0 Å². The summed E-state index contributed by atoms with van der Waals surface area (Å²) < 4.78 is 5.15. The Bertz CT molecular complexity index is 555. The van der Waals surface area contributed by atoms with Crippen molar-refractivity contribution in [3.05, 3.63) is 71.3 Å². The van der Waals surface area contributed by atoms with Gasteiger partial charge in [-0.2, -0.15) is 0 Å². The molecule has 0 aliphatic heterocycles. The molecule has 0 fully saturated rings. The normalized spacial score (nSPS) is 10.1. The minimum atomic E-state index is -0.379. The van der Waals surface area contributed by atoms with Crippen LogP contribution in [0.4, 0.5) is 4.79 Å². The van der Waals surface area contributed by atoms with Crippen molar-refractivity contribution >= 4 is 22.0 Å². The summed E-state index contributed by atoms with van der Waals surface area (Å²) in [5, 5.41) is 3.62. The molecule has 0 aliphatic rings. The zero-order valence-electron chi connectivity index (χ0n) is 11.7. The van der Waals surface area contributed by atoms with Crippen LogP contribution in [-0.4, -0.2) is 12.6 Å². The van der Waals surface area contributed by atoms with E-state index >= 15 is 0 Å². The van der Waals surface area contributed by atoms with Gasteiger partial charge in [0, 0.05) is 11.9 Å². The van der Waals surface area contributed by atoms with Gasteiger partial charge in [0.05, 0.1) is 0 Å². The zero-order chi connectivity index (χ0) is 14.9. The minimum Gasteiger partial charge on any atom is -0.445 e. The van der Waals surface area contributed by atoms with Crippen LogP contribution in [0.2, 0.25) is 0 Å². The van der Waals surface area contributed by atoms with Gasteiger partial charge in [-0.25, -0.2) is 4.79 Å². The number of carbonyl (C=O) groups is 1. The molecule has 0 spiro atoms. The van der Waals surface area contributed by atoms with Gasteiger partial charge in [0.25, 0.3) is 0 Å². The highest BCUT2D eigenvalue weighted by Crippen LogP contribution is 2.08. The maximum Gasteiger partial charge on any atom is 0.407 e. The van der Waals surface area contributed by atoms with Crippen LogP contribution in [0.5, 0.6) is 0 Å². The number of alkyl carbamates (subject to hydrolysis) is 1. The molecule has 2 aromatic carbocycles. The second-order valence-corrected chi connectivity index (χ2v) is 5.25. The summed E-state index contributed by atoms with van der Waals surface area (Å²) in [4.78, 5) is 11.6. The van der Waals surface area contributed by atoms with E-state index in [1.54, 1.807) is 0 Å². The first-order valence-corrected chi connectivity index (χ1v) is 7.98. The summed E-state index contributed by atoms with van der Waals surface area (Å²) in [6.45, 7) is 0.869. The average molecular weight is 348 g/mol. The van der Waals surface area contributed by atoms with Crippen molar-refractivity contribution < 1.29 is 9.53 Å². The summed E-state index contributed by atoms with van der Waals surface area (Å²) in [5.41, 5.74) is 3.43. The van der Waals surface area contributed by atoms with Gasteiger partial charge in [-0.15, -0.1) is 0 Å². The molecule has 0 aromatic heterocycles. The van der Waals surface area contributed by atoms with E-state index in [0.717, 1.165) is 17.3 Å². The largest absolute Gasteiger partial charge is 0.445 e. The number of hydrogen-bond acceptors (Lipinski definition) is 2. The molecule has 110 valence electrons. The quantitative estimate of drug-likeness (QED) is 0.800. The maximum atomic E-state index is 11.6. The van der Waals surface area contributed by atoms with E-state index in [1.165, 1.54) is 11.1 Å². The number of nitrogens with one attached hydrogen (secondary N) is 1. The first-order valence-electron chi connectivity index (χ1n) is 6.86. The van der Waals surface area contributed by atoms with Crippen molar-refractivity contribution in [3.8, 4) is 0 Å². The lowest BCUT2D eigenvalue weighted by Gasteiger charge is -2.07. The fourth-order valence-electron chi connectivity index (χ4n) is 1.88. The lowest BCUT2D eigenvalue weighted by Crippen LogP contribution is -2.26. The van der Waals surface area contributed by atoms with Gasteiger partial charge < -0.3 is 10.1 Å². The van der Waals surface area contributed by atoms with E-state index in [4.69, 9.17) is 4.74 Å². The third kappa shape index (κ3) is 5.60. The predicted molar refractivity (Wildman–Crippen MR) is 87.4 cm³/mol. The van der Waals surface area contributed by atoms with E-state index < -0.39 is 0 Å². The summed E-state index contributed by atoms with van der Waals surface area (Å²) >= 11 is 3.42. The molecule has 0 heterocycles. The first kappa shape index (κ1) is 15.6. The Morgan fingerprint density at radius 1 is 0.952 bits per heavy atom. The second-order valence-electron chi connectivity index (χ2n) is 4.69. The summed E-state index contributed by atoms with van der Waals surface area (Å²) in [6.07, 6.45) is 0.416. The first-order chi connectivity index (χ1) is 10.3. The van der Waals surface area contributed by atoms with E-state index in [1.807, 2.05) is 30.3 Å². The highest BCUT2D eigenvalue weighted by atomic mass is 79.9. The van der Waals surface area contributed by atoms with Gasteiger partial charge in [0.2, 0.25) is 0 Å². The topological polar surface area (TPSA) is 38.3 Å². The molecule has 2 rings (SSSR count). The molecule has 4 heteroatoms. The standard InChI is InChI=1S/C17H18BrNO2/c18-12-15-8-6-14(7-9-15)10-11-19-17(20)21-13-16-4-2-1-3-5-16/h1-9H,10-13H2,(H,19,20). The molecule has 0 saturated heterocycles. The number of carbonyl (C=O) groups excluding carboxylic acids is 1. The van der Waals surface area contributed by atoms with E-state index in [0.29, 0.717) is 13.2 Å². The summed E-state index contributed by atoms with van der Waals surface area (Å²) in [5.74, 6) is 0. The number of rotatable bonds is 6. The molecule has 0 atom stereocenters. The zero-order valence-corrected chi connectivity index (χ0v) is 13.3. The van der Waals surface area contributed by atoms with Gasteiger partial charge in [0.1, 0.15) is 6.61 Å². The smallest absolute Gasteiger partial charge is 0.407 e. The third-order valence-corrected chi connectivity index (χ3v) is 3.72. The van der Waals surface area contributed by atoms with Crippen LogP contribution < -0.4 is 5.32 Å². The molecule has 0 aliphatic carbocycles. The van der Waals surface area contributed by atoms with Crippen LogP contribution >= 0.6 is 15.9 Å². The van der Waals surface area contributed by atoms with Gasteiger partial charge in [-0.05, 0) is 23.1 Å². The number of halogens is 1. The van der Waals surface area contributed by atoms with E-state index in [9.17, 15) is 4.79 Å². The molecule has 0 saturated carbocycles. The van der Waals surface area contributed by atoms with Crippen molar-refractivity contribution in [1.82, 2.24) is 5.32 Å². The monoisotopic (exact) mass is 347 g/mol. The van der Waals surface area contributed by atoms with Crippen molar-refractivity contribution in [2.45, 2.75) is 18.4 Å². The van der Waals surface area contributed by atoms with Crippen LogP contribution in [-0.2, 0) is 23.1 Å². The van der Waals surface area contributed by atoms with Crippen molar-refractivity contribution in [1.29, 1.82) is 0 Å². The lowest BCUT2D eigenvalue weighted by molar-refractivity contribution is 0.140. The van der Waals surface area contributed by atoms with Crippen LogP contribution in [0.15, 0.2) is 54.6 Å².